The molecule has 1 aromatic carbocycles. The quantitative estimate of drug-likeness (QED) is 0.174. The van der Waals surface area contributed by atoms with E-state index >= 15 is 0 Å². The van der Waals surface area contributed by atoms with Crippen LogP contribution in [0.1, 0.15) is 44.8 Å². The van der Waals surface area contributed by atoms with Gasteiger partial charge in [0.1, 0.15) is 18.1 Å². The van der Waals surface area contributed by atoms with E-state index in [1.54, 1.807) is 7.11 Å². The Morgan fingerprint density at radius 3 is 2.70 bits per heavy atom. The van der Waals surface area contributed by atoms with E-state index < -0.39 is 0 Å². The normalized spacial score (nSPS) is 13.4. The highest BCUT2D eigenvalue weighted by molar-refractivity contribution is 14.0. The number of aryl methyl sites for hydroxylation is 1. The van der Waals surface area contributed by atoms with Crippen LogP contribution in [-0.4, -0.2) is 60.3 Å². The Bertz CT molecular complexity index is 841. The van der Waals surface area contributed by atoms with Crippen LogP contribution < -0.4 is 15.4 Å². The highest BCUT2D eigenvalue weighted by Crippen LogP contribution is 2.17. The predicted octanol–water partition coefficient (Wildman–Crippen LogP) is 3.63. The number of nitrogens with one attached hydrogen (secondary N) is 2. The van der Waals surface area contributed by atoms with Crippen molar-refractivity contribution in [3.8, 4) is 5.75 Å². The van der Waals surface area contributed by atoms with Crippen LogP contribution in [0.3, 0.4) is 0 Å². The van der Waals surface area contributed by atoms with Crippen LogP contribution in [0.25, 0.3) is 0 Å². The van der Waals surface area contributed by atoms with Gasteiger partial charge in [-0.25, -0.2) is 4.99 Å². The van der Waals surface area contributed by atoms with Gasteiger partial charge < -0.3 is 29.4 Å². The minimum absolute atomic E-state index is 0. The number of hydrogen-bond donors (Lipinski definition) is 2. The number of nitrogens with zero attached hydrogens (tertiary/aromatic N) is 4. The molecule has 9 nitrogen and oxygen atoms in total. The highest BCUT2D eigenvalue weighted by atomic mass is 127. The van der Waals surface area contributed by atoms with Crippen LogP contribution in [0.5, 0.6) is 5.75 Å². The van der Waals surface area contributed by atoms with Crippen molar-refractivity contribution in [2.75, 3.05) is 38.8 Å². The summed E-state index contributed by atoms with van der Waals surface area (Å²) in [6.45, 7) is 8.11. The van der Waals surface area contributed by atoms with Gasteiger partial charge in [0.2, 0.25) is 0 Å². The zero-order chi connectivity index (χ0) is 22.6. The van der Waals surface area contributed by atoms with Crippen molar-refractivity contribution < 1.29 is 14.2 Å². The third-order valence-corrected chi connectivity index (χ3v) is 4.99. The summed E-state index contributed by atoms with van der Waals surface area (Å²) in [6, 6.07) is 7.89. The predicted molar refractivity (Wildman–Crippen MR) is 141 cm³/mol. The molecule has 0 unspecified atom stereocenters. The molecule has 1 aliphatic heterocycles. The van der Waals surface area contributed by atoms with Crippen molar-refractivity contribution in [2.45, 2.75) is 58.7 Å². The number of ether oxygens (including phenoxy) is 3. The molecule has 0 saturated heterocycles. The number of aliphatic imine (C=N–C) groups is 1. The van der Waals surface area contributed by atoms with Crippen LogP contribution in [-0.2, 0) is 29.0 Å². The van der Waals surface area contributed by atoms with Crippen molar-refractivity contribution in [2.24, 2.45) is 4.99 Å². The van der Waals surface area contributed by atoms with E-state index in [1.807, 2.05) is 38.1 Å². The first-order valence-electron chi connectivity index (χ1n) is 11.5. The van der Waals surface area contributed by atoms with Gasteiger partial charge in [-0.15, -0.1) is 34.2 Å². The zero-order valence-corrected chi connectivity index (χ0v) is 22.2. The largest absolute Gasteiger partial charge is 0.491 e. The number of anilines is 1. The number of fused-ring (bicyclic) bond motifs is 1. The smallest absolute Gasteiger partial charge is 0.196 e. The van der Waals surface area contributed by atoms with Gasteiger partial charge in [-0.1, -0.05) is 0 Å². The van der Waals surface area contributed by atoms with Gasteiger partial charge in [-0.3, -0.25) is 0 Å². The number of halogens is 1. The first-order valence-corrected chi connectivity index (χ1v) is 11.5. The summed E-state index contributed by atoms with van der Waals surface area (Å²) in [5.41, 5.74) is 0.937. The van der Waals surface area contributed by atoms with E-state index in [2.05, 4.69) is 25.4 Å². The third-order valence-electron chi connectivity index (χ3n) is 4.99. The molecule has 2 heterocycles. The molecular formula is C23H37IN6O3. The second-order valence-electron chi connectivity index (χ2n) is 8.01. The summed E-state index contributed by atoms with van der Waals surface area (Å²) < 4.78 is 18.5. The molecule has 3 rings (SSSR count). The number of methoxy groups -OCH3 is 1. The van der Waals surface area contributed by atoms with Crippen LogP contribution in [0.2, 0.25) is 0 Å². The molecule has 10 heteroatoms. The minimum atomic E-state index is 0. The number of rotatable bonds is 12. The van der Waals surface area contributed by atoms with Crippen molar-refractivity contribution >= 4 is 35.6 Å². The van der Waals surface area contributed by atoms with Gasteiger partial charge in [0, 0.05) is 38.9 Å². The van der Waals surface area contributed by atoms with E-state index in [-0.39, 0.29) is 30.1 Å². The zero-order valence-electron chi connectivity index (χ0n) is 19.9. The summed E-state index contributed by atoms with van der Waals surface area (Å²) >= 11 is 0. The van der Waals surface area contributed by atoms with Crippen LogP contribution in [0.4, 0.5) is 5.69 Å². The summed E-state index contributed by atoms with van der Waals surface area (Å²) in [5.74, 6) is 3.52. The fraction of sp³-hybridized carbons (Fsp3) is 0.609. The Labute approximate surface area is 213 Å². The van der Waals surface area contributed by atoms with Crippen LogP contribution in [0.15, 0.2) is 29.3 Å². The lowest BCUT2D eigenvalue weighted by molar-refractivity contribution is 0.0699. The standard InChI is InChI=1S/C23H36N6O3.HI/c1-18(2)32-20-10-8-19(9-11-20)26-23(24-12-6-14-31-16-15-30-3)25-17-22-28-27-21-7-4-5-13-29(21)22;/h8-11,18H,4-7,12-17H2,1-3H3,(H2,24,25,26);1H. The molecule has 1 aromatic heterocycles. The maximum Gasteiger partial charge on any atom is 0.196 e. The average Bonchev–Trinajstić information content (AvgIpc) is 3.20. The third kappa shape index (κ3) is 9.46. The SMILES string of the molecule is COCCOCCCNC(=NCc1nnc2n1CCCC2)Nc1ccc(OC(C)C)cc1.I. The number of guanidine groups is 1. The number of hydrogen-bond acceptors (Lipinski definition) is 6. The molecule has 184 valence electrons. The fourth-order valence-corrected chi connectivity index (χ4v) is 3.43. The van der Waals surface area contributed by atoms with Gasteiger partial charge in [0.25, 0.3) is 0 Å². The summed E-state index contributed by atoms with van der Waals surface area (Å²) in [5, 5.41) is 15.4. The molecule has 0 spiro atoms. The van der Waals surface area contributed by atoms with Crippen molar-refractivity contribution in [3.63, 3.8) is 0 Å². The molecule has 0 amide bonds. The molecule has 33 heavy (non-hydrogen) atoms. The molecule has 1 aliphatic rings. The molecule has 0 bridgehead atoms. The van der Waals surface area contributed by atoms with E-state index in [0.29, 0.717) is 32.3 Å². The van der Waals surface area contributed by atoms with Crippen molar-refractivity contribution in [1.29, 1.82) is 0 Å². The average molecular weight is 572 g/mol. The van der Waals surface area contributed by atoms with Crippen molar-refractivity contribution in [1.82, 2.24) is 20.1 Å². The maximum atomic E-state index is 5.73. The van der Waals surface area contributed by atoms with Crippen molar-refractivity contribution in [3.05, 3.63) is 35.9 Å². The Morgan fingerprint density at radius 1 is 1.12 bits per heavy atom. The van der Waals surface area contributed by atoms with E-state index in [9.17, 15) is 0 Å². The van der Waals surface area contributed by atoms with Crippen LogP contribution in [0, 0.1) is 0 Å². The molecule has 0 saturated carbocycles. The molecule has 2 aromatic rings. The second kappa shape index (κ2) is 15.1. The minimum Gasteiger partial charge on any atom is -0.491 e. The molecule has 2 N–H and O–H groups in total. The fourth-order valence-electron chi connectivity index (χ4n) is 3.43. The molecule has 0 fully saturated rings. The molecular weight excluding hydrogens is 535 g/mol. The van der Waals surface area contributed by atoms with Gasteiger partial charge in [-0.2, -0.15) is 0 Å². The van der Waals surface area contributed by atoms with E-state index in [1.165, 1.54) is 12.8 Å². The lowest BCUT2D eigenvalue weighted by Gasteiger charge is -2.15. The monoisotopic (exact) mass is 572 g/mol. The Morgan fingerprint density at radius 2 is 1.94 bits per heavy atom. The Balaban J connectivity index is 0.00000385. The van der Waals surface area contributed by atoms with Gasteiger partial charge >= 0.3 is 0 Å². The Hall–Kier alpha value is -1.92. The summed E-state index contributed by atoms with van der Waals surface area (Å²) in [7, 11) is 1.67. The second-order valence-corrected chi connectivity index (χ2v) is 8.01. The van der Waals surface area contributed by atoms with E-state index in [4.69, 9.17) is 19.2 Å². The summed E-state index contributed by atoms with van der Waals surface area (Å²) in [6.07, 6.45) is 4.35. The first-order chi connectivity index (χ1) is 15.7. The highest BCUT2D eigenvalue weighted by Gasteiger charge is 2.15. The van der Waals surface area contributed by atoms with Crippen LogP contribution >= 0.6 is 24.0 Å². The number of benzene rings is 1. The molecule has 0 atom stereocenters. The molecule has 0 radical (unpaired) electrons. The first kappa shape index (κ1) is 27.3. The topological polar surface area (TPSA) is 94.8 Å². The van der Waals surface area contributed by atoms with Gasteiger partial charge in [0.05, 0.1) is 19.3 Å². The van der Waals surface area contributed by atoms with Gasteiger partial charge in [-0.05, 0) is 57.4 Å². The van der Waals surface area contributed by atoms with Gasteiger partial charge in [0.15, 0.2) is 11.8 Å². The summed E-state index contributed by atoms with van der Waals surface area (Å²) in [4.78, 5) is 4.77. The van der Waals surface area contributed by atoms with E-state index in [0.717, 1.165) is 49.0 Å². The molecule has 0 aliphatic carbocycles. The lowest BCUT2D eigenvalue weighted by atomic mass is 10.2. The Kier molecular flexibility index (Phi) is 12.5. The maximum absolute atomic E-state index is 5.73. The number of aromatic nitrogens is 3. The lowest BCUT2D eigenvalue weighted by Crippen LogP contribution is -2.32.